The normalized spacial score (nSPS) is 13.8. The molecule has 0 spiro atoms. The highest BCUT2D eigenvalue weighted by molar-refractivity contribution is 7.90. The maximum absolute atomic E-state index is 13.6. The number of esters is 1. The number of sulfonamides is 1. The number of hydrogen-bond acceptors (Lipinski definition) is 11. The summed E-state index contributed by atoms with van der Waals surface area (Å²) in [6, 6.07) is 18.0. The quantitative estimate of drug-likeness (QED) is 0.0549. The van der Waals surface area contributed by atoms with Gasteiger partial charge in [-0.2, -0.15) is 18.3 Å². The zero-order valence-electron chi connectivity index (χ0n) is 30.4. The van der Waals surface area contributed by atoms with Crippen LogP contribution in [0.4, 0.5) is 13.2 Å². The van der Waals surface area contributed by atoms with E-state index in [-0.39, 0.29) is 45.5 Å². The van der Waals surface area contributed by atoms with Gasteiger partial charge in [-0.15, -0.1) is 5.01 Å². The van der Waals surface area contributed by atoms with Crippen molar-refractivity contribution in [1.82, 2.24) is 24.4 Å². The van der Waals surface area contributed by atoms with Crippen molar-refractivity contribution in [2.75, 3.05) is 13.2 Å². The van der Waals surface area contributed by atoms with Crippen LogP contribution in [0.1, 0.15) is 65.6 Å². The van der Waals surface area contributed by atoms with Crippen LogP contribution in [0, 0.1) is 12.1 Å². The molecule has 2 heterocycles. The van der Waals surface area contributed by atoms with Crippen LogP contribution < -0.4 is 4.72 Å². The summed E-state index contributed by atoms with van der Waals surface area (Å²) >= 11 is 0. The summed E-state index contributed by atoms with van der Waals surface area (Å²) in [5, 5.41) is 21.0. The third-order valence-corrected chi connectivity index (χ3v) is 9.79. The van der Waals surface area contributed by atoms with Crippen molar-refractivity contribution in [2.24, 2.45) is 5.28 Å². The molecule has 16 nitrogen and oxygen atoms in total. The van der Waals surface area contributed by atoms with Crippen LogP contribution >= 0.6 is 0 Å². The van der Waals surface area contributed by atoms with Gasteiger partial charge in [-0.3, -0.25) is 19.2 Å². The summed E-state index contributed by atoms with van der Waals surface area (Å²) in [4.78, 5) is 55.8. The lowest BCUT2D eigenvalue weighted by molar-refractivity contribution is -0.718. The number of carbonyl (C=O) groups is 4. The van der Waals surface area contributed by atoms with Crippen molar-refractivity contribution in [1.29, 1.82) is 0 Å². The summed E-state index contributed by atoms with van der Waals surface area (Å²) in [6.45, 7) is 5.94. The first kappa shape index (κ1) is 40.9. The number of carbonyl (C=O) groups excluding carboxylic acids is 4. The largest absolute Gasteiger partial charge is 0.569 e. The number of rotatable bonds is 15. The molecular formula is C36H36F3N7O9S. The molecule has 0 fully saturated rings. The minimum atomic E-state index is -4.74. The molecule has 1 aromatic heterocycles. The zero-order chi connectivity index (χ0) is 40.9. The van der Waals surface area contributed by atoms with Crippen molar-refractivity contribution >= 4 is 33.7 Å². The molecule has 296 valence electrons. The minimum absolute atomic E-state index is 0.0792. The van der Waals surface area contributed by atoms with Gasteiger partial charge in [-0.1, -0.05) is 42.0 Å². The highest BCUT2D eigenvalue weighted by Crippen LogP contribution is 2.33. The number of nitrogens with zero attached hydrogens (tertiary/aromatic N) is 6. The smallest absolute Gasteiger partial charge is 0.435 e. The summed E-state index contributed by atoms with van der Waals surface area (Å²) in [7, 11) is -4.45. The fourth-order valence-corrected chi connectivity index (χ4v) is 6.51. The van der Waals surface area contributed by atoms with Crippen LogP contribution in [0.25, 0.3) is 16.9 Å². The van der Waals surface area contributed by atoms with E-state index in [2.05, 4.69) is 10.4 Å². The molecule has 3 aromatic carbocycles. The molecule has 0 aliphatic carbocycles. The zero-order valence-corrected chi connectivity index (χ0v) is 31.2. The monoisotopic (exact) mass is 799 g/mol. The highest BCUT2D eigenvalue weighted by atomic mass is 32.2. The molecule has 4 aromatic rings. The van der Waals surface area contributed by atoms with E-state index >= 15 is 0 Å². The van der Waals surface area contributed by atoms with Crippen LogP contribution in [-0.4, -0.2) is 82.2 Å². The molecule has 1 aliphatic heterocycles. The van der Waals surface area contributed by atoms with Crippen molar-refractivity contribution < 1.29 is 55.3 Å². The summed E-state index contributed by atoms with van der Waals surface area (Å²) < 4.78 is 74.5. The highest BCUT2D eigenvalue weighted by Gasteiger charge is 2.40. The number of alkyl halides is 3. The summed E-state index contributed by atoms with van der Waals surface area (Å²) in [5.41, 5.74) is 0.815. The van der Waals surface area contributed by atoms with Crippen LogP contribution in [0.15, 0.2) is 89.0 Å². The second-order valence-corrected chi connectivity index (χ2v) is 14.4. The van der Waals surface area contributed by atoms with Crippen molar-refractivity contribution in [2.45, 2.75) is 63.9 Å². The van der Waals surface area contributed by atoms with Gasteiger partial charge in [0.15, 0.2) is 5.69 Å². The lowest BCUT2D eigenvalue weighted by Crippen LogP contribution is -2.41. The van der Waals surface area contributed by atoms with Crippen molar-refractivity contribution in [3.63, 3.8) is 0 Å². The minimum Gasteiger partial charge on any atom is -0.569 e. The van der Waals surface area contributed by atoms with E-state index in [1.807, 2.05) is 11.6 Å². The number of imide groups is 1. The van der Waals surface area contributed by atoms with Gasteiger partial charge in [0.25, 0.3) is 21.8 Å². The lowest BCUT2D eigenvalue weighted by Gasteiger charge is -2.23. The fourth-order valence-electron chi connectivity index (χ4n) is 5.50. The molecule has 20 heteroatoms. The van der Waals surface area contributed by atoms with Gasteiger partial charge in [0.2, 0.25) is 17.4 Å². The molecule has 0 saturated carbocycles. The molecule has 3 amide bonds. The molecule has 1 unspecified atom stereocenters. The SMILES string of the molecule is Cc1ccc(-c2cc(C(F)(F)F)nn2-c2ccc(S(=O)(=O)NC(=O)CCC(=O)OCCN(C(C)C)/[N+]([O-])=N/OC(C)N3C(=O)c4ccccc4C3=O)cc2)cc1. The van der Waals surface area contributed by atoms with Gasteiger partial charge in [0.1, 0.15) is 13.2 Å². The molecule has 0 bridgehead atoms. The number of ether oxygens (including phenoxy) is 1. The average Bonchev–Trinajstić information content (AvgIpc) is 3.71. The van der Waals surface area contributed by atoms with Crippen molar-refractivity contribution in [3.05, 3.63) is 106 Å². The number of aromatic nitrogens is 2. The van der Waals surface area contributed by atoms with Crippen molar-refractivity contribution in [3.8, 4) is 16.9 Å². The van der Waals surface area contributed by atoms with Gasteiger partial charge < -0.3 is 14.8 Å². The van der Waals surface area contributed by atoms with Gasteiger partial charge in [0.05, 0.1) is 44.8 Å². The maximum Gasteiger partial charge on any atom is 0.435 e. The number of hydrogen-bond donors (Lipinski definition) is 1. The number of aryl methyl sites for hydroxylation is 1. The van der Waals surface area contributed by atoms with Crippen LogP contribution in [0.3, 0.4) is 0 Å². The lowest BCUT2D eigenvalue weighted by atomic mass is 10.1. The van der Waals surface area contributed by atoms with E-state index in [1.165, 1.54) is 31.2 Å². The Morgan fingerprint density at radius 1 is 0.964 bits per heavy atom. The molecule has 56 heavy (non-hydrogen) atoms. The van der Waals surface area contributed by atoms with Crippen LogP contribution in [0.2, 0.25) is 0 Å². The molecule has 1 N–H and O–H groups in total. The standard InChI is InChI=1S/C36H36F3N7O9S/c1-22(2)43(46(51)42-55-24(4)44-34(49)28-7-5-6-8-29(28)35(44)50)19-20-54-33(48)18-17-32(47)41-56(52,53)27-15-13-26(14-16-27)45-30(21-31(40-45)36(37,38)39)25-11-9-23(3)10-12-25/h5-16,21-22,24H,17-20H2,1-4H3,(H,41,47)/b46-42-. The van der Waals surface area contributed by atoms with E-state index in [1.54, 1.807) is 50.2 Å². The van der Waals surface area contributed by atoms with E-state index in [0.29, 0.717) is 5.56 Å². The number of benzene rings is 3. The number of nitrogens with one attached hydrogen (secondary N) is 1. The predicted molar refractivity (Wildman–Crippen MR) is 190 cm³/mol. The Balaban J connectivity index is 1.11. The van der Waals surface area contributed by atoms with Gasteiger partial charge in [-0.05, 0) is 70.2 Å². The Morgan fingerprint density at radius 2 is 1.57 bits per heavy atom. The van der Waals surface area contributed by atoms with Gasteiger partial charge in [0, 0.05) is 12.0 Å². The Bertz CT molecular complexity index is 2230. The molecule has 1 aliphatic rings. The van der Waals surface area contributed by atoms with Crippen LogP contribution in [0.5, 0.6) is 0 Å². The van der Waals surface area contributed by atoms with E-state index in [9.17, 15) is 46.0 Å². The third-order valence-electron chi connectivity index (χ3n) is 8.40. The molecule has 5 rings (SSSR count). The number of fused-ring (bicyclic) bond motifs is 1. The predicted octanol–water partition coefficient (Wildman–Crippen LogP) is 5.16. The fraction of sp³-hybridized carbons (Fsp3) is 0.306. The first-order chi connectivity index (χ1) is 26.4. The molecular weight excluding hydrogens is 763 g/mol. The van der Waals surface area contributed by atoms with E-state index < -0.39 is 70.7 Å². The van der Waals surface area contributed by atoms with E-state index in [4.69, 9.17) is 9.57 Å². The molecule has 0 saturated heterocycles. The Morgan fingerprint density at radius 3 is 2.14 bits per heavy atom. The number of halogens is 3. The van der Waals surface area contributed by atoms with Gasteiger partial charge >= 0.3 is 12.1 Å². The number of hydrazine groups is 1. The third kappa shape index (κ3) is 9.31. The topological polar surface area (TPSA) is 196 Å². The van der Waals surface area contributed by atoms with E-state index in [0.717, 1.165) is 38.4 Å². The maximum atomic E-state index is 13.6. The molecule has 0 radical (unpaired) electrons. The second-order valence-electron chi connectivity index (χ2n) is 12.8. The Hall–Kier alpha value is -6.31. The summed E-state index contributed by atoms with van der Waals surface area (Å²) in [5.74, 6) is -3.12. The summed E-state index contributed by atoms with van der Waals surface area (Å²) in [6.07, 6.45) is -7.06. The van der Waals surface area contributed by atoms with Crippen LogP contribution in [-0.2, 0) is 35.4 Å². The first-order valence-corrected chi connectivity index (χ1v) is 18.5. The van der Waals surface area contributed by atoms with Gasteiger partial charge in [-0.25, -0.2) is 22.7 Å². The number of amides is 3. The first-order valence-electron chi connectivity index (χ1n) is 17.0. The Labute approximate surface area is 318 Å². The Kier molecular flexibility index (Phi) is 12.1. The average molecular weight is 800 g/mol. The second kappa shape index (κ2) is 16.6. The molecule has 1 atom stereocenters.